The van der Waals surface area contributed by atoms with E-state index >= 15 is 0 Å². The lowest BCUT2D eigenvalue weighted by molar-refractivity contribution is -0.384. The third kappa shape index (κ3) is 3.07. The van der Waals surface area contributed by atoms with Crippen molar-refractivity contribution in [1.82, 2.24) is 0 Å². The van der Waals surface area contributed by atoms with Crippen LogP contribution in [0.2, 0.25) is 0 Å². The molecule has 15 heavy (non-hydrogen) atoms. The van der Waals surface area contributed by atoms with Gasteiger partial charge in [0.25, 0.3) is 11.6 Å². The third-order valence-corrected chi connectivity index (χ3v) is 1.50. The maximum Gasteiger partial charge on any atom is 0.271 e. The van der Waals surface area contributed by atoms with Gasteiger partial charge in [-0.2, -0.15) is 0 Å². The van der Waals surface area contributed by atoms with Gasteiger partial charge < -0.3 is 10.5 Å². The van der Waals surface area contributed by atoms with Gasteiger partial charge in [-0.25, -0.2) is 0 Å². The number of benzene rings is 1. The standard InChI is InChI=1S/C8H7N3O4/c12-8(5-9-13)10-6-2-1-3-7(4-6)11(14)15/h1-5,13H,(H,10,12)/b9-5-. The van der Waals surface area contributed by atoms with Crippen molar-refractivity contribution in [2.24, 2.45) is 5.16 Å². The number of non-ortho nitro benzene ring substituents is 1. The lowest BCUT2D eigenvalue weighted by atomic mass is 10.3. The molecule has 0 fully saturated rings. The fourth-order valence-corrected chi connectivity index (χ4v) is 0.924. The molecule has 78 valence electrons. The van der Waals surface area contributed by atoms with Gasteiger partial charge in [0.2, 0.25) is 0 Å². The van der Waals surface area contributed by atoms with Gasteiger partial charge in [0.1, 0.15) is 6.21 Å². The number of hydrogen-bond donors (Lipinski definition) is 2. The summed E-state index contributed by atoms with van der Waals surface area (Å²) in [5, 5.41) is 23.3. The van der Waals surface area contributed by atoms with Gasteiger partial charge in [0.05, 0.1) is 4.92 Å². The number of carbonyl (C=O) groups is 1. The highest BCUT2D eigenvalue weighted by Gasteiger charge is 2.06. The Bertz CT molecular complexity index is 416. The van der Waals surface area contributed by atoms with Gasteiger partial charge in [-0.05, 0) is 6.07 Å². The number of hydrogen-bond acceptors (Lipinski definition) is 5. The monoisotopic (exact) mass is 209 g/mol. The molecule has 0 spiro atoms. The van der Waals surface area contributed by atoms with Gasteiger partial charge in [0.15, 0.2) is 0 Å². The summed E-state index contributed by atoms with van der Waals surface area (Å²) in [6.45, 7) is 0. The van der Waals surface area contributed by atoms with Crippen LogP contribution in [-0.2, 0) is 4.79 Å². The van der Waals surface area contributed by atoms with Crippen molar-refractivity contribution in [3.05, 3.63) is 34.4 Å². The summed E-state index contributed by atoms with van der Waals surface area (Å²) in [6, 6.07) is 5.42. The molecule has 0 aromatic heterocycles. The molecule has 1 aromatic rings. The van der Waals surface area contributed by atoms with Crippen molar-refractivity contribution in [1.29, 1.82) is 0 Å². The van der Waals surface area contributed by atoms with E-state index in [1.807, 2.05) is 0 Å². The number of oxime groups is 1. The van der Waals surface area contributed by atoms with Crippen molar-refractivity contribution in [3.63, 3.8) is 0 Å². The highest BCUT2D eigenvalue weighted by atomic mass is 16.6. The molecule has 0 aliphatic carbocycles. The largest absolute Gasteiger partial charge is 0.411 e. The summed E-state index contributed by atoms with van der Waals surface area (Å²) in [4.78, 5) is 20.7. The zero-order valence-corrected chi connectivity index (χ0v) is 7.45. The van der Waals surface area contributed by atoms with Crippen molar-refractivity contribution in [2.45, 2.75) is 0 Å². The summed E-state index contributed by atoms with van der Waals surface area (Å²) < 4.78 is 0. The maximum absolute atomic E-state index is 10.9. The number of rotatable bonds is 3. The Kier molecular flexibility index (Phi) is 3.33. The van der Waals surface area contributed by atoms with Crippen LogP contribution in [0.5, 0.6) is 0 Å². The minimum absolute atomic E-state index is 0.131. The molecule has 0 saturated carbocycles. The number of anilines is 1. The Hall–Kier alpha value is -2.44. The molecule has 1 aromatic carbocycles. The minimum atomic E-state index is -0.669. The van der Waals surface area contributed by atoms with Crippen molar-refractivity contribution >= 4 is 23.5 Å². The molecule has 0 saturated heterocycles. The topological polar surface area (TPSA) is 105 Å². The van der Waals surface area contributed by atoms with Gasteiger partial charge >= 0.3 is 0 Å². The fraction of sp³-hybridized carbons (Fsp3) is 0. The second-order valence-electron chi connectivity index (χ2n) is 2.54. The van der Waals surface area contributed by atoms with Crippen LogP contribution in [0, 0.1) is 10.1 Å². The zero-order chi connectivity index (χ0) is 11.3. The molecule has 0 heterocycles. The molecule has 7 heteroatoms. The first-order valence-electron chi connectivity index (χ1n) is 3.86. The lowest BCUT2D eigenvalue weighted by Gasteiger charge is -2.00. The van der Waals surface area contributed by atoms with Crippen molar-refractivity contribution in [2.75, 3.05) is 5.32 Å². The molecule has 7 nitrogen and oxygen atoms in total. The van der Waals surface area contributed by atoms with Crippen LogP contribution < -0.4 is 5.32 Å². The minimum Gasteiger partial charge on any atom is -0.411 e. The molecule has 0 unspecified atom stereocenters. The Morgan fingerprint density at radius 3 is 2.93 bits per heavy atom. The predicted molar refractivity (Wildman–Crippen MR) is 52.0 cm³/mol. The molecule has 1 rings (SSSR count). The first-order chi connectivity index (χ1) is 7.13. The van der Waals surface area contributed by atoms with Crippen molar-refractivity contribution < 1.29 is 14.9 Å². The SMILES string of the molecule is O=C(/C=N\O)Nc1cccc([N+](=O)[O-])c1. The number of nitrogens with zero attached hydrogens (tertiary/aromatic N) is 2. The molecule has 0 aliphatic rings. The highest BCUT2D eigenvalue weighted by molar-refractivity contribution is 6.31. The summed E-state index contributed by atoms with van der Waals surface area (Å²) in [6.07, 6.45) is 0.652. The summed E-state index contributed by atoms with van der Waals surface area (Å²) >= 11 is 0. The molecule has 0 atom stereocenters. The predicted octanol–water partition coefficient (Wildman–Crippen LogP) is 0.993. The molecule has 0 radical (unpaired) electrons. The molecule has 2 N–H and O–H groups in total. The van der Waals surface area contributed by atoms with E-state index in [0.29, 0.717) is 6.21 Å². The number of carbonyl (C=O) groups excluding carboxylic acids is 1. The first kappa shape index (κ1) is 10.6. The van der Waals surface area contributed by atoms with E-state index in [-0.39, 0.29) is 11.4 Å². The smallest absolute Gasteiger partial charge is 0.271 e. The van der Waals surface area contributed by atoms with E-state index < -0.39 is 10.8 Å². The van der Waals surface area contributed by atoms with E-state index in [1.54, 1.807) is 0 Å². The van der Waals surface area contributed by atoms with Crippen LogP contribution in [0.25, 0.3) is 0 Å². The van der Waals surface area contributed by atoms with Gasteiger partial charge in [-0.1, -0.05) is 11.2 Å². The summed E-state index contributed by atoms with van der Waals surface area (Å²) in [5.74, 6) is -0.669. The highest BCUT2D eigenvalue weighted by Crippen LogP contribution is 2.16. The third-order valence-electron chi connectivity index (χ3n) is 1.50. The lowest BCUT2D eigenvalue weighted by Crippen LogP contribution is -2.12. The number of nitrogens with one attached hydrogen (secondary N) is 1. The maximum atomic E-state index is 10.9. The average Bonchev–Trinajstić information content (AvgIpc) is 2.18. The Morgan fingerprint density at radius 1 is 1.60 bits per heavy atom. The van der Waals surface area contributed by atoms with Gasteiger partial charge in [-0.15, -0.1) is 0 Å². The second kappa shape index (κ2) is 4.70. The quantitative estimate of drug-likeness (QED) is 0.335. The van der Waals surface area contributed by atoms with E-state index in [4.69, 9.17) is 5.21 Å². The van der Waals surface area contributed by atoms with Crippen LogP contribution in [0.1, 0.15) is 0 Å². The molecular formula is C8H7N3O4. The van der Waals surface area contributed by atoms with Gasteiger partial charge in [-0.3, -0.25) is 14.9 Å². The number of nitro groups is 1. The Balaban J connectivity index is 2.82. The molecule has 0 bridgehead atoms. The van der Waals surface area contributed by atoms with Crippen LogP contribution in [0.4, 0.5) is 11.4 Å². The van der Waals surface area contributed by atoms with Crippen LogP contribution in [0.15, 0.2) is 29.4 Å². The zero-order valence-electron chi connectivity index (χ0n) is 7.45. The Morgan fingerprint density at radius 2 is 2.33 bits per heavy atom. The van der Waals surface area contributed by atoms with Gasteiger partial charge in [0, 0.05) is 17.8 Å². The molecular weight excluding hydrogens is 202 g/mol. The number of amides is 1. The van der Waals surface area contributed by atoms with E-state index in [2.05, 4.69) is 10.5 Å². The summed E-state index contributed by atoms with van der Waals surface area (Å²) in [5.41, 5.74) is 0.128. The van der Waals surface area contributed by atoms with E-state index in [9.17, 15) is 14.9 Å². The van der Waals surface area contributed by atoms with Crippen LogP contribution >= 0.6 is 0 Å². The fourth-order valence-electron chi connectivity index (χ4n) is 0.924. The second-order valence-corrected chi connectivity index (χ2v) is 2.54. The van der Waals surface area contributed by atoms with Crippen molar-refractivity contribution in [3.8, 4) is 0 Å². The molecule has 1 amide bonds. The summed E-state index contributed by atoms with van der Waals surface area (Å²) in [7, 11) is 0. The normalized spacial score (nSPS) is 10.1. The van der Waals surface area contributed by atoms with E-state index in [1.165, 1.54) is 24.3 Å². The number of nitro benzene ring substituents is 1. The first-order valence-corrected chi connectivity index (χ1v) is 3.86. The molecule has 0 aliphatic heterocycles. The van der Waals surface area contributed by atoms with Crippen LogP contribution in [-0.4, -0.2) is 22.3 Å². The Labute approximate surface area is 84.2 Å². The van der Waals surface area contributed by atoms with E-state index in [0.717, 1.165) is 0 Å². The van der Waals surface area contributed by atoms with Crippen LogP contribution in [0.3, 0.4) is 0 Å². The average molecular weight is 209 g/mol.